The molecule has 3 aromatic carbocycles. The monoisotopic (exact) mass is 615 g/mol. The number of hydrogen-bond acceptors (Lipinski definition) is 4. The Kier molecular flexibility index (Phi) is 10.3. The van der Waals surface area contributed by atoms with Gasteiger partial charge in [-0.05, 0) is 62.1 Å². The minimum atomic E-state index is -4.24. The van der Waals surface area contributed by atoms with Gasteiger partial charge in [0.2, 0.25) is 11.8 Å². The first-order chi connectivity index (χ1) is 19.6. The molecule has 0 radical (unpaired) electrons. The zero-order valence-corrected chi connectivity index (χ0v) is 25.6. The van der Waals surface area contributed by atoms with Crippen LogP contribution < -0.4 is 9.62 Å². The molecule has 0 saturated heterocycles. The number of halogens is 2. The van der Waals surface area contributed by atoms with E-state index in [2.05, 4.69) is 5.32 Å². The van der Waals surface area contributed by atoms with Crippen LogP contribution in [0, 0.1) is 6.92 Å². The van der Waals surface area contributed by atoms with E-state index in [-0.39, 0.29) is 39.1 Å². The van der Waals surface area contributed by atoms with E-state index in [0.717, 1.165) is 41.1 Å². The van der Waals surface area contributed by atoms with E-state index in [1.807, 2.05) is 44.2 Å². The molecule has 1 aliphatic carbocycles. The van der Waals surface area contributed by atoms with E-state index in [0.29, 0.717) is 6.42 Å². The summed E-state index contributed by atoms with van der Waals surface area (Å²) in [6.45, 7) is 3.27. The first kappa shape index (κ1) is 30.9. The maximum absolute atomic E-state index is 14.2. The SMILES string of the molecule is CCC(C(=O)NC1CCCC1)N(Cc1ccccc1)C(=O)CN(c1cc(Cl)ccc1Cl)S(=O)(=O)c1ccc(C)cc1. The average molecular weight is 617 g/mol. The summed E-state index contributed by atoms with van der Waals surface area (Å²) in [6.07, 6.45) is 4.29. The predicted octanol–water partition coefficient (Wildman–Crippen LogP) is 6.36. The van der Waals surface area contributed by atoms with Crippen LogP contribution in [-0.4, -0.2) is 43.8 Å². The Morgan fingerprint density at radius 1 is 0.976 bits per heavy atom. The van der Waals surface area contributed by atoms with Crippen LogP contribution in [0.25, 0.3) is 0 Å². The van der Waals surface area contributed by atoms with Crippen molar-refractivity contribution in [3.63, 3.8) is 0 Å². The Labute approximate surface area is 252 Å². The Morgan fingerprint density at radius 3 is 2.27 bits per heavy atom. The van der Waals surface area contributed by atoms with Crippen molar-refractivity contribution in [1.82, 2.24) is 10.2 Å². The molecule has 2 amide bonds. The van der Waals surface area contributed by atoms with Gasteiger partial charge in [0, 0.05) is 17.6 Å². The normalized spacial score (nSPS) is 14.4. The number of nitrogens with zero attached hydrogens (tertiary/aromatic N) is 2. The highest BCUT2D eigenvalue weighted by Gasteiger charge is 2.35. The Bertz CT molecular complexity index is 1460. The molecule has 218 valence electrons. The highest BCUT2D eigenvalue weighted by molar-refractivity contribution is 7.92. The molecule has 10 heteroatoms. The van der Waals surface area contributed by atoms with Crippen molar-refractivity contribution >= 4 is 50.7 Å². The van der Waals surface area contributed by atoms with Gasteiger partial charge in [0.25, 0.3) is 10.0 Å². The Balaban J connectivity index is 1.73. The van der Waals surface area contributed by atoms with Crippen molar-refractivity contribution in [2.45, 2.75) is 69.5 Å². The molecule has 0 bridgehead atoms. The first-order valence-corrected chi connectivity index (χ1v) is 16.0. The van der Waals surface area contributed by atoms with Crippen molar-refractivity contribution in [1.29, 1.82) is 0 Å². The van der Waals surface area contributed by atoms with Crippen LogP contribution >= 0.6 is 23.2 Å². The number of amides is 2. The van der Waals surface area contributed by atoms with Crippen LogP contribution in [-0.2, 0) is 26.2 Å². The molecular formula is C31H35Cl2N3O4S. The second-order valence-corrected chi connectivity index (χ2v) is 13.0. The van der Waals surface area contributed by atoms with Crippen molar-refractivity contribution in [3.05, 3.63) is 94.0 Å². The fourth-order valence-corrected chi connectivity index (χ4v) is 6.96. The Hall–Kier alpha value is -3.07. The fourth-order valence-electron chi connectivity index (χ4n) is 5.09. The zero-order chi connectivity index (χ0) is 29.6. The van der Waals surface area contributed by atoms with Crippen molar-refractivity contribution in [2.75, 3.05) is 10.8 Å². The molecule has 1 fully saturated rings. The third-order valence-corrected chi connectivity index (χ3v) is 9.68. The third-order valence-electron chi connectivity index (χ3n) is 7.35. The predicted molar refractivity (Wildman–Crippen MR) is 164 cm³/mol. The maximum atomic E-state index is 14.2. The van der Waals surface area contributed by atoms with Crippen LogP contribution in [0.2, 0.25) is 10.0 Å². The second kappa shape index (κ2) is 13.7. The molecule has 1 aliphatic rings. The van der Waals surface area contributed by atoms with Crippen molar-refractivity contribution in [3.8, 4) is 0 Å². The highest BCUT2D eigenvalue weighted by atomic mass is 35.5. The molecule has 41 heavy (non-hydrogen) atoms. The van der Waals surface area contributed by atoms with E-state index in [9.17, 15) is 18.0 Å². The van der Waals surface area contributed by atoms with Crippen LogP contribution in [0.4, 0.5) is 5.69 Å². The van der Waals surface area contributed by atoms with Crippen LogP contribution in [0.1, 0.15) is 50.2 Å². The summed E-state index contributed by atoms with van der Waals surface area (Å²) in [6, 6.07) is 19.5. The zero-order valence-electron chi connectivity index (χ0n) is 23.2. The Morgan fingerprint density at radius 2 is 1.63 bits per heavy atom. The van der Waals surface area contributed by atoms with Crippen LogP contribution in [0.5, 0.6) is 0 Å². The molecule has 7 nitrogen and oxygen atoms in total. The van der Waals surface area contributed by atoms with Gasteiger partial charge in [-0.3, -0.25) is 13.9 Å². The van der Waals surface area contributed by atoms with E-state index >= 15 is 0 Å². The molecule has 3 aromatic rings. The van der Waals surface area contributed by atoms with Gasteiger partial charge in [-0.2, -0.15) is 0 Å². The average Bonchev–Trinajstić information content (AvgIpc) is 3.46. The van der Waals surface area contributed by atoms with E-state index < -0.39 is 28.5 Å². The minimum absolute atomic E-state index is 0.00701. The lowest BCUT2D eigenvalue weighted by atomic mass is 10.1. The summed E-state index contributed by atoms with van der Waals surface area (Å²) in [5.41, 5.74) is 1.79. The number of rotatable bonds is 11. The van der Waals surface area contributed by atoms with Gasteiger partial charge < -0.3 is 10.2 Å². The number of nitrogens with one attached hydrogen (secondary N) is 1. The van der Waals surface area contributed by atoms with Gasteiger partial charge >= 0.3 is 0 Å². The molecule has 1 unspecified atom stereocenters. The minimum Gasteiger partial charge on any atom is -0.352 e. The largest absolute Gasteiger partial charge is 0.352 e. The standard InChI is InChI=1S/C31H35Cl2N3O4S/c1-3-28(31(38)34-25-11-7-8-12-25)35(20-23-9-5-4-6-10-23)30(37)21-36(29-19-24(32)15-18-27(29)33)41(39,40)26-16-13-22(2)14-17-26/h4-6,9-10,13-19,25,28H,3,7-8,11-12,20-21H2,1-2H3,(H,34,38). The molecule has 1 atom stereocenters. The van der Waals surface area contributed by atoms with Gasteiger partial charge in [-0.1, -0.05) is 91.0 Å². The van der Waals surface area contributed by atoms with Gasteiger partial charge in [0.1, 0.15) is 12.6 Å². The number of aryl methyl sites for hydroxylation is 1. The lowest BCUT2D eigenvalue weighted by Gasteiger charge is -2.34. The van der Waals surface area contributed by atoms with Crippen LogP contribution in [0.3, 0.4) is 0 Å². The fraction of sp³-hybridized carbons (Fsp3) is 0.355. The van der Waals surface area contributed by atoms with Gasteiger partial charge in [-0.15, -0.1) is 0 Å². The topological polar surface area (TPSA) is 86.8 Å². The summed E-state index contributed by atoms with van der Waals surface area (Å²) in [7, 11) is -4.24. The molecule has 1 saturated carbocycles. The number of hydrogen-bond donors (Lipinski definition) is 1. The molecule has 4 rings (SSSR count). The van der Waals surface area contributed by atoms with Gasteiger partial charge in [0.05, 0.1) is 15.6 Å². The van der Waals surface area contributed by atoms with Gasteiger partial charge in [0.15, 0.2) is 0 Å². The van der Waals surface area contributed by atoms with E-state index in [4.69, 9.17) is 23.2 Å². The van der Waals surface area contributed by atoms with E-state index in [1.54, 1.807) is 18.2 Å². The highest BCUT2D eigenvalue weighted by Crippen LogP contribution is 2.33. The van der Waals surface area contributed by atoms with Gasteiger partial charge in [-0.25, -0.2) is 8.42 Å². The van der Waals surface area contributed by atoms with Crippen LogP contribution in [0.15, 0.2) is 77.7 Å². The smallest absolute Gasteiger partial charge is 0.264 e. The molecular weight excluding hydrogens is 581 g/mol. The summed E-state index contributed by atoms with van der Waals surface area (Å²) in [5.74, 6) is -0.772. The first-order valence-electron chi connectivity index (χ1n) is 13.8. The van der Waals surface area contributed by atoms with E-state index in [1.165, 1.54) is 29.2 Å². The molecule has 0 aromatic heterocycles. The maximum Gasteiger partial charge on any atom is 0.264 e. The lowest BCUT2D eigenvalue weighted by molar-refractivity contribution is -0.140. The quantitative estimate of drug-likeness (QED) is 0.272. The third kappa shape index (κ3) is 7.61. The number of anilines is 1. The number of sulfonamides is 1. The van der Waals surface area contributed by atoms with Crippen molar-refractivity contribution < 1.29 is 18.0 Å². The molecule has 0 aliphatic heterocycles. The summed E-state index contributed by atoms with van der Waals surface area (Å²) in [4.78, 5) is 29.1. The second-order valence-electron chi connectivity index (χ2n) is 10.3. The summed E-state index contributed by atoms with van der Waals surface area (Å²) >= 11 is 12.7. The molecule has 0 spiro atoms. The summed E-state index contributed by atoms with van der Waals surface area (Å²) < 4.78 is 29.0. The number of carbonyl (C=O) groups is 2. The lowest BCUT2D eigenvalue weighted by Crippen LogP contribution is -2.53. The molecule has 1 N–H and O–H groups in total. The number of carbonyl (C=O) groups excluding carboxylic acids is 2. The summed E-state index contributed by atoms with van der Waals surface area (Å²) in [5, 5.41) is 3.50. The van der Waals surface area contributed by atoms with Crippen molar-refractivity contribution in [2.24, 2.45) is 0 Å². The number of benzene rings is 3. The molecule has 0 heterocycles.